The van der Waals surface area contributed by atoms with Gasteiger partial charge in [-0.3, -0.25) is 4.72 Å². The SMILES string of the molecule is C=S(Cc1ccc(C)cc1F)NC(C)C. The predicted molar refractivity (Wildman–Crippen MR) is 67.8 cm³/mol. The molecule has 1 aromatic rings. The van der Waals surface area contributed by atoms with E-state index >= 15 is 0 Å². The average Bonchev–Trinajstić information content (AvgIpc) is 2.08. The highest BCUT2D eigenvalue weighted by Crippen LogP contribution is 2.18. The summed E-state index contributed by atoms with van der Waals surface area (Å²) in [7, 11) is -0.208. The molecule has 84 valence electrons. The van der Waals surface area contributed by atoms with Crippen LogP contribution in [0.2, 0.25) is 0 Å². The van der Waals surface area contributed by atoms with Gasteiger partial charge in [0.15, 0.2) is 0 Å². The van der Waals surface area contributed by atoms with Crippen LogP contribution in [0.3, 0.4) is 0 Å². The van der Waals surface area contributed by atoms with Crippen LogP contribution in [0, 0.1) is 12.7 Å². The molecule has 1 unspecified atom stereocenters. The molecule has 0 bridgehead atoms. The summed E-state index contributed by atoms with van der Waals surface area (Å²) in [5.74, 6) is 4.52. The first kappa shape index (κ1) is 12.4. The van der Waals surface area contributed by atoms with E-state index in [-0.39, 0.29) is 16.5 Å². The Morgan fingerprint density at radius 3 is 2.67 bits per heavy atom. The highest BCUT2D eigenvalue weighted by Gasteiger charge is 2.04. The van der Waals surface area contributed by atoms with E-state index in [0.29, 0.717) is 11.8 Å². The lowest BCUT2D eigenvalue weighted by molar-refractivity contribution is 0.616. The van der Waals surface area contributed by atoms with Crippen LogP contribution >= 0.6 is 10.7 Å². The van der Waals surface area contributed by atoms with Crippen molar-refractivity contribution in [3.8, 4) is 0 Å². The van der Waals surface area contributed by atoms with Crippen molar-refractivity contribution in [2.24, 2.45) is 0 Å². The van der Waals surface area contributed by atoms with Crippen LogP contribution < -0.4 is 4.72 Å². The molecule has 1 atom stereocenters. The zero-order valence-corrected chi connectivity index (χ0v) is 10.3. The van der Waals surface area contributed by atoms with Crippen LogP contribution in [-0.2, 0) is 5.75 Å². The summed E-state index contributed by atoms with van der Waals surface area (Å²) in [6, 6.07) is 5.74. The molecule has 0 aliphatic rings. The lowest BCUT2D eigenvalue weighted by Crippen LogP contribution is -2.16. The first-order valence-electron chi connectivity index (χ1n) is 5.01. The molecule has 1 rings (SSSR count). The maximum Gasteiger partial charge on any atom is 0.127 e. The Bertz CT molecular complexity index is 361. The van der Waals surface area contributed by atoms with Crippen LogP contribution in [0.25, 0.3) is 0 Å². The van der Waals surface area contributed by atoms with Crippen molar-refractivity contribution >= 4 is 16.5 Å². The molecule has 1 N–H and O–H groups in total. The molecule has 0 spiro atoms. The van der Waals surface area contributed by atoms with Crippen molar-refractivity contribution in [3.05, 3.63) is 35.1 Å². The van der Waals surface area contributed by atoms with Crippen molar-refractivity contribution in [2.45, 2.75) is 32.6 Å². The maximum absolute atomic E-state index is 13.5. The molecule has 0 aliphatic heterocycles. The van der Waals surface area contributed by atoms with E-state index in [2.05, 4.69) is 24.4 Å². The van der Waals surface area contributed by atoms with Gasteiger partial charge in [-0.05, 0) is 38.0 Å². The summed E-state index contributed by atoms with van der Waals surface area (Å²) in [5, 5.41) is 0. The Morgan fingerprint density at radius 2 is 2.13 bits per heavy atom. The van der Waals surface area contributed by atoms with Crippen molar-refractivity contribution in [1.29, 1.82) is 0 Å². The maximum atomic E-state index is 13.5. The van der Waals surface area contributed by atoms with Gasteiger partial charge in [-0.1, -0.05) is 18.0 Å². The fourth-order valence-corrected chi connectivity index (χ4v) is 2.69. The monoisotopic (exact) mass is 227 g/mol. The number of halogens is 1. The van der Waals surface area contributed by atoms with Crippen LogP contribution in [0.4, 0.5) is 4.39 Å². The van der Waals surface area contributed by atoms with Gasteiger partial charge in [0, 0.05) is 11.8 Å². The van der Waals surface area contributed by atoms with E-state index in [4.69, 9.17) is 0 Å². The first-order valence-corrected chi connectivity index (χ1v) is 6.57. The molecule has 0 saturated heterocycles. The van der Waals surface area contributed by atoms with Gasteiger partial charge in [0.1, 0.15) is 5.82 Å². The van der Waals surface area contributed by atoms with Crippen molar-refractivity contribution in [1.82, 2.24) is 4.72 Å². The average molecular weight is 227 g/mol. The number of hydrogen-bond acceptors (Lipinski definition) is 1. The summed E-state index contributed by atoms with van der Waals surface area (Å²) in [5.41, 5.74) is 1.70. The van der Waals surface area contributed by atoms with Crippen LogP contribution in [-0.4, -0.2) is 11.9 Å². The normalized spacial score (nSPS) is 13.1. The van der Waals surface area contributed by atoms with Gasteiger partial charge in [-0.25, -0.2) is 4.39 Å². The quantitative estimate of drug-likeness (QED) is 0.779. The second-order valence-electron chi connectivity index (χ2n) is 4.00. The molecule has 1 nitrogen and oxygen atoms in total. The fraction of sp³-hybridized carbons (Fsp3) is 0.417. The molecule has 0 heterocycles. The summed E-state index contributed by atoms with van der Waals surface area (Å²) in [6.45, 7) is 6.02. The Hall–Kier alpha value is -0.670. The highest BCUT2D eigenvalue weighted by molar-refractivity contribution is 8.11. The third-order valence-electron chi connectivity index (χ3n) is 1.94. The van der Waals surface area contributed by atoms with E-state index in [1.165, 1.54) is 0 Å². The minimum absolute atomic E-state index is 0.123. The largest absolute Gasteiger partial charge is 0.267 e. The Kier molecular flexibility index (Phi) is 4.48. The summed E-state index contributed by atoms with van der Waals surface area (Å²) in [4.78, 5) is 0. The Labute approximate surface area is 93.8 Å². The number of benzene rings is 1. The lowest BCUT2D eigenvalue weighted by Gasteiger charge is -2.13. The zero-order valence-electron chi connectivity index (χ0n) is 9.51. The van der Waals surface area contributed by atoms with Gasteiger partial charge in [-0.2, -0.15) is 0 Å². The third-order valence-corrected chi connectivity index (χ3v) is 3.40. The fourth-order valence-electron chi connectivity index (χ4n) is 1.33. The highest BCUT2D eigenvalue weighted by atomic mass is 32.2. The second kappa shape index (κ2) is 5.42. The van der Waals surface area contributed by atoms with Crippen molar-refractivity contribution in [2.75, 3.05) is 0 Å². The van der Waals surface area contributed by atoms with Gasteiger partial charge in [0.25, 0.3) is 0 Å². The number of hydrogen-bond donors (Lipinski definition) is 1. The van der Waals surface area contributed by atoms with Gasteiger partial charge < -0.3 is 0 Å². The molecule has 0 fully saturated rings. The Balaban J connectivity index is 2.68. The van der Waals surface area contributed by atoms with Crippen molar-refractivity contribution in [3.63, 3.8) is 0 Å². The molecule has 15 heavy (non-hydrogen) atoms. The molecule has 3 heteroatoms. The topological polar surface area (TPSA) is 12.0 Å². The van der Waals surface area contributed by atoms with E-state index in [9.17, 15) is 4.39 Å². The van der Waals surface area contributed by atoms with E-state index < -0.39 is 0 Å². The summed E-state index contributed by atoms with van der Waals surface area (Å²) >= 11 is 0. The standard InChI is InChI=1S/C12H18FNS/c1-9(2)14-15(4)8-11-6-5-10(3)7-12(11)13/h5-7,9,14H,4,8H2,1-3H3. The van der Waals surface area contributed by atoms with Gasteiger partial charge in [-0.15, -0.1) is 10.7 Å². The van der Waals surface area contributed by atoms with Crippen LogP contribution in [0.15, 0.2) is 18.2 Å². The molecular formula is C12H18FNS. The van der Waals surface area contributed by atoms with Crippen molar-refractivity contribution < 1.29 is 4.39 Å². The van der Waals surface area contributed by atoms with E-state index in [1.807, 2.05) is 19.1 Å². The number of aryl methyl sites for hydroxylation is 1. The van der Waals surface area contributed by atoms with Crippen LogP contribution in [0.5, 0.6) is 0 Å². The predicted octanol–water partition coefficient (Wildman–Crippen LogP) is 3.25. The van der Waals surface area contributed by atoms with Gasteiger partial charge in [0.05, 0.1) is 0 Å². The minimum Gasteiger partial charge on any atom is -0.267 e. The number of rotatable bonds is 4. The van der Waals surface area contributed by atoms with Crippen LogP contribution in [0.1, 0.15) is 25.0 Å². The molecule has 0 aromatic heterocycles. The molecule has 0 aliphatic carbocycles. The summed E-state index contributed by atoms with van der Waals surface area (Å²) < 4.78 is 16.8. The molecule has 1 aromatic carbocycles. The second-order valence-corrected chi connectivity index (χ2v) is 5.51. The zero-order chi connectivity index (χ0) is 11.4. The first-order chi connectivity index (χ1) is 6.99. The van der Waals surface area contributed by atoms with E-state index in [0.717, 1.165) is 11.1 Å². The molecule has 0 saturated carbocycles. The number of nitrogens with one attached hydrogen (secondary N) is 1. The minimum atomic E-state index is -0.208. The Morgan fingerprint density at radius 1 is 1.47 bits per heavy atom. The van der Waals surface area contributed by atoms with Gasteiger partial charge in [0.2, 0.25) is 0 Å². The smallest absolute Gasteiger partial charge is 0.127 e. The summed E-state index contributed by atoms with van der Waals surface area (Å²) in [6.07, 6.45) is 0. The molecular weight excluding hydrogens is 209 g/mol. The lowest BCUT2D eigenvalue weighted by atomic mass is 10.2. The molecule has 0 radical (unpaired) electrons. The molecule has 0 amide bonds. The third kappa shape index (κ3) is 4.14. The van der Waals surface area contributed by atoms with E-state index in [1.54, 1.807) is 6.07 Å². The van der Waals surface area contributed by atoms with Gasteiger partial charge >= 0.3 is 0 Å².